The molecular formula is C16H12Cl2N2O2. The molecule has 1 heterocycles. The molecule has 0 unspecified atom stereocenters. The van der Waals surface area contributed by atoms with Gasteiger partial charge in [0.25, 0.3) is 0 Å². The van der Waals surface area contributed by atoms with Crippen molar-refractivity contribution in [3.05, 3.63) is 68.9 Å². The van der Waals surface area contributed by atoms with Crippen molar-refractivity contribution < 1.29 is 4.74 Å². The van der Waals surface area contributed by atoms with Crippen LogP contribution in [0.4, 0.5) is 0 Å². The van der Waals surface area contributed by atoms with Crippen LogP contribution in [0, 0.1) is 0 Å². The van der Waals surface area contributed by atoms with Gasteiger partial charge in [0, 0.05) is 5.39 Å². The van der Waals surface area contributed by atoms with E-state index in [1.165, 1.54) is 6.20 Å². The van der Waals surface area contributed by atoms with E-state index in [1.807, 2.05) is 18.2 Å². The number of ether oxygens (including phenoxy) is 1. The summed E-state index contributed by atoms with van der Waals surface area (Å²) in [5.74, 6) is 0.455. The van der Waals surface area contributed by atoms with Gasteiger partial charge in [0.2, 0.25) is 5.43 Å². The van der Waals surface area contributed by atoms with Crippen LogP contribution < -0.4 is 10.2 Å². The summed E-state index contributed by atoms with van der Waals surface area (Å²) in [6.45, 7) is 0.811. The lowest BCUT2D eigenvalue weighted by molar-refractivity contribution is 0.293. The van der Waals surface area contributed by atoms with Crippen molar-refractivity contribution in [2.24, 2.45) is 0 Å². The molecule has 0 bridgehead atoms. The van der Waals surface area contributed by atoms with Crippen molar-refractivity contribution in [2.75, 3.05) is 6.61 Å². The number of halogens is 2. The third-order valence-corrected chi connectivity index (χ3v) is 3.83. The standard InChI is InChI=1S/C16H12Cl2N2O2/c17-12-5-3-6-13(18)16(12)22-9-8-20-14-7-2-1-4-11(14)15(21)10-19-20/h1-7,10H,8-9H2. The Morgan fingerprint density at radius 3 is 2.55 bits per heavy atom. The molecule has 0 spiro atoms. The van der Waals surface area contributed by atoms with Crippen molar-refractivity contribution in [2.45, 2.75) is 6.54 Å². The van der Waals surface area contributed by atoms with E-state index in [2.05, 4.69) is 5.10 Å². The minimum absolute atomic E-state index is 0.0954. The number of nitrogens with zero attached hydrogens (tertiary/aromatic N) is 2. The average Bonchev–Trinajstić information content (AvgIpc) is 2.52. The van der Waals surface area contributed by atoms with Gasteiger partial charge in [-0.15, -0.1) is 0 Å². The molecule has 0 fully saturated rings. The molecule has 0 amide bonds. The van der Waals surface area contributed by atoms with E-state index in [4.69, 9.17) is 27.9 Å². The first-order valence-corrected chi connectivity index (χ1v) is 7.44. The molecule has 0 aliphatic heterocycles. The summed E-state index contributed by atoms with van der Waals surface area (Å²) in [7, 11) is 0. The molecule has 2 aromatic carbocycles. The average molecular weight is 335 g/mol. The number of para-hydroxylation sites is 2. The number of aromatic nitrogens is 2. The molecule has 0 saturated heterocycles. The summed E-state index contributed by atoms with van der Waals surface area (Å²) < 4.78 is 7.37. The zero-order valence-electron chi connectivity index (χ0n) is 11.5. The minimum Gasteiger partial charge on any atom is -0.489 e. The van der Waals surface area contributed by atoms with E-state index >= 15 is 0 Å². The van der Waals surface area contributed by atoms with Crippen LogP contribution in [0.2, 0.25) is 10.0 Å². The fourth-order valence-corrected chi connectivity index (χ4v) is 2.70. The fourth-order valence-electron chi connectivity index (χ4n) is 2.19. The number of fused-ring (bicyclic) bond motifs is 1. The predicted molar refractivity (Wildman–Crippen MR) is 88.0 cm³/mol. The molecule has 0 radical (unpaired) electrons. The summed E-state index contributed by atoms with van der Waals surface area (Å²) in [5.41, 5.74) is 0.672. The Labute approximate surface area is 136 Å². The van der Waals surface area contributed by atoms with Gasteiger partial charge < -0.3 is 4.74 Å². The van der Waals surface area contributed by atoms with Crippen molar-refractivity contribution in [1.82, 2.24) is 9.78 Å². The predicted octanol–water partition coefficient (Wildman–Crippen LogP) is 3.78. The molecule has 3 rings (SSSR count). The first-order chi connectivity index (χ1) is 10.7. The van der Waals surface area contributed by atoms with Crippen LogP contribution in [0.25, 0.3) is 10.9 Å². The highest BCUT2D eigenvalue weighted by molar-refractivity contribution is 6.37. The summed E-state index contributed by atoms with van der Waals surface area (Å²) in [5, 5.41) is 5.70. The molecule has 22 heavy (non-hydrogen) atoms. The van der Waals surface area contributed by atoms with Crippen LogP contribution in [-0.2, 0) is 6.54 Å². The maximum absolute atomic E-state index is 11.8. The zero-order valence-corrected chi connectivity index (χ0v) is 13.0. The number of rotatable bonds is 4. The number of hydrogen-bond acceptors (Lipinski definition) is 3. The lowest BCUT2D eigenvalue weighted by Crippen LogP contribution is -2.16. The van der Waals surface area contributed by atoms with Crippen molar-refractivity contribution in [3.8, 4) is 5.75 Å². The topological polar surface area (TPSA) is 44.1 Å². The molecule has 1 aromatic heterocycles. The van der Waals surface area contributed by atoms with E-state index in [9.17, 15) is 4.79 Å². The molecule has 3 aromatic rings. The normalized spacial score (nSPS) is 10.8. The third kappa shape index (κ3) is 2.93. The van der Waals surface area contributed by atoms with Gasteiger partial charge in [0.15, 0.2) is 5.75 Å². The number of benzene rings is 2. The SMILES string of the molecule is O=c1cnn(CCOc2c(Cl)cccc2Cl)c2ccccc12. The first-order valence-electron chi connectivity index (χ1n) is 6.68. The van der Waals surface area contributed by atoms with Crippen LogP contribution in [-0.4, -0.2) is 16.4 Å². The highest BCUT2D eigenvalue weighted by atomic mass is 35.5. The largest absolute Gasteiger partial charge is 0.489 e. The van der Waals surface area contributed by atoms with Gasteiger partial charge in [0.1, 0.15) is 6.61 Å². The second kappa shape index (κ2) is 6.38. The summed E-state index contributed by atoms with van der Waals surface area (Å²) in [4.78, 5) is 11.8. The molecule has 6 heteroatoms. The smallest absolute Gasteiger partial charge is 0.207 e. The molecule has 112 valence electrons. The zero-order chi connectivity index (χ0) is 15.5. The molecule has 0 atom stereocenters. The highest BCUT2D eigenvalue weighted by Gasteiger charge is 2.07. The van der Waals surface area contributed by atoms with Crippen LogP contribution in [0.1, 0.15) is 0 Å². The summed E-state index contributed by atoms with van der Waals surface area (Å²) in [6.07, 6.45) is 1.31. The maximum atomic E-state index is 11.8. The third-order valence-electron chi connectivity index (χ3n) is 3.23. The van der Waals surface area contributed by atoms with E-state index < -0.39 is 0 Å². The Kier molecular flexibility index (Phi) is 4.32. The maximum Gasteiger partial charge on any atom is 0.207 e. The van der Waals surface area contributed by atoms with Gasteiger partial charge in [-0.1, -0.05) is 41.4 Å². The van der Waals surface area contributed by atoms with E-state index in [1.54, 1.807) is 28.9 Å². The van der Waals surface area contributed by atoms with Crippen molar-refractivity contribution >= 4 is 34.1 Å². The highest BCUT2D eigenvalue weighted by Crippen LogP contribution is 2.32. The molecular weight excluding hydrogens is 323 g/mol. The second-order valence-electron chi connectivity index (χ2n) is 4.65. The monoisotopic (exact) mass is 334 g/mol. The molecule has 0 aliphatic rings. The van der Waals surface area contributed by atoms with Gasteiger partial charge in [-0.2, -0.15) is 5.10 Å². The minimum atomic E-state index is -0.0954. The fraction of sp³-hybridized carbons (Fsp3) is 0.125. The van der Waals surface area contributed by atoms with Gasteiger partial charge in [-0.3, -0.25) is 9.48 Å². The van der Waals surface area contributed by atoms with Crippen LogP contribution in [0.3, 0.4) is 0 Å². The molecule has 4 nitrogen and oxygen atoms in total. The Morgan fingerprint density at radius 1 is 1.05 bits per heavy atom. The quantitative estimate of drug-likeness (QED) is 0.729. The van der Waals surface area contributed by atoms with Gasteiger partial charge in [0.05, 0.1) is 28.3 Å². The Hall–Kier alpha value is -2.04. The summed E-state index contributed by atoms with van der Waals surface area (Å²) in [6, 6.07) is 12.5. The lowest BCUT2D eigenvalue weighted by atomic mass is 10.2. The van der Waals surface area contributed by atoms with Crippen LogP contribution in [0.5, 0.6) is 5.75 Å². The lowest BCUT2D eigenvalue weighted by Gasteiger charge is -2.12. The van der Waals surface area contributed by atoms with E-state index in [0.29, 0.717) is 34.3 Å². The summed E-state index contributed by atoms with van der Waals surface area (Å²) >= 11 is 12.1. The Balaban J connectivity index is 1.81. The van der Waals surface area contributed by atoms with Crippen LogP contribution >= 0.6 is 23.2 Å². The molecule has 0 N–H and O–H groups in total. The first kappa shape index (κ1) is 14.9. The Bertz CT molecular complexity index is 857. The van der Waals surface area contributed by atoms with Gasteiger partial charge >= 0.3 is 0 Å². The molecule has 0 saturated carbocycles. The number of hydrogen-bond donors (Lipinski definition) is 0. The molecule has 0 aliphatic carbocycles. The van der Waals surface area contributed by atoms with Crippen molar-refractivity contribution in [3.63, 3.8) is 0 Å². The van der Waals surface area contributed by atoms with E-state index in [0.717, 1.165) is 5.52 Å². The van der Waals surface area contributed by atoms with Crippen molar-refractivity contribution in [1.29, 1.82) is 0 Å². The Morgan fingerprint density at radius 2 is 1.77 bits per heavy atom. The van der Waals surface area contributed by atoms with Gasteiger partial charge in [-0.05, 0) is 24.3 Å². The second-order valence-corrected chi connectivity index (χ2v) is 5.46. The van der Waals surface area contributed by atoms with E-state index in [-0.39, 0.29) is 5.43 Å². The van der Waals surface area contributed by atoms with Crippen LogP contribution in [0.15, 0.2) is 53.5 Å². The van der Waals surface area contributed by atoms with Gasteiger partial charge in [-0.25, -0.2) is 0 Å².